The van der Waals surface area contributed by atoms with Gasteiger partial charge in [0, 0.05) is 11.1 Å². The molecule has 0 aliphatic heterocycles. The van der Waals surface area contributed by atoms with E-state index in [-0.39, 0.29) is 22.4 Å². The lowest BCUT2D eigenvalue weighted by Gasteiger charge is -2.31. The molecule has 0 aromatic carbocycles. The Kier molecular flexibility index (Phi) is 4.23. The van der Waals surface area contributed by atoms with Crippen LogP contribution in [-0.4, -0.2) is 11.6 Å². The molecule has 0 heterocycles. The fourth-order valence-corrected chi connectivity index (χ4v) is 2.74. The number of ketones is 2. The Morgan fingerprint density at radius 1 is 0.696 bits per heavy atom. The van der Waals surface area contributed by atoms with Crippen LogP contribution in [0.4, 0.5) is 0 Å². The van der Waals surface area contributed by atoms with Gasteiger partial charge in [-0.3, -0.25) is 9.59 Å². The summed E-state index contributed by atoms with van der Waals surface area (Å²) in [6.45, 7) is 14.2. The van der Waals surface area contributed by atoms with Crippen LogP contribution in [0, 0.1) is 10.8 Å². The first kappa shape index (κ1) is 17.4. The lowest BCUT2D eigenvalue weighted by atomic mass is 9.71. The molecule has 0 aromatic rings. The molecule has 0 aromatic heterocycles. The van der Waals surface area contributed by atoms with Crippen molar-refractivity contribution >= 4 is 11.6 Å². The van der Waals surface area contributed by atoms with Crippen LogP contribution in [-0.2, 0) is 9.59 Å². The van der Waals surface area contributed by atoms with Crippen molar-refractivity contribution in [3.63, 3.8) is 0 Å². The molecule has 122 valence electrons. The van der Waals surface area contributed by atoms with Crippen LogP contribution in [0.2, 0.25) is 0 Å². The van der Waals surface area contributed by atoms with E-state index >= 15 is 0 Å². The molecule has 2 heteroatoms. The zero-order valence-corrected chi connectivity index (χ0v) is 15.2. The first-order valence-electron chi connectivity index (χ1n) is 8.05. The zero-order chi connectivity index (χ0) is 17.6. The van der Waals surface area contributed by atoms with E-state index in [9.17, 15) is 9.59 Å². The summed E-state index contributed by atoms with van der Waals surface area (Å²) in [5.74, 6) is 0.173. The highest BCUT2D eigenvalue weighted by atomic mass is 16.1. The average Bonchev–Trinajstić information content (AvgIpc) is 2.39. The predicted octanol–water partition coefficient (Wildman–Crippen LogP) is 4.90. The molecule has 0 amide bonds. The van der Waals surface area contributed by atoms with Crippen molar-refractivity contribution in [1.82, 2.24) is 0 Å². The van der Waals surface area contributed by atoms with Crippen molar-refractivity contribution in [2.75, 3.05) is 0 Å². The molecule has 23 heavy (non-hydrogen) atoms. The fourth-order valence-electron chi connectivity index (χ4n) is 2.74. The first-order chi connectivity index (χ1) is 10.4. The van der Waals surface area contributed by atoms with Gasteiger partial charge in [-0.05, 0) is 58.8 Å². The van der Waals surface area contributed by atoms with Gasteiger partial charge in [-0.1, -0.05) is 47.6 Å². The molecular weight excluding hydrogens is 284 g/mol. The molecule has 0 fully saturated rings. The van der Waals surface area contributed by atoms with E-state index in [0.717, 1.165) is 27.9 Å². The second kappa shape index (κ2) is 5.59. The summed E-state index contributed by atoms with van der Waals surface area (Å²) in [6, 6.07) is 0. The molecule has 2 nitrogen and oxygen atoms in total. The van der Waals surface area contributed by atoms with Gasteiger partial charge in [0.05, 0.1) is 0 Å². The number of carbonyl (C=O) groups is 2. The van der Waals surface area contributed by atoms with E-state index in [0.29, 0.717) is 0 Å². The summed E-state index contributed by atoms with van der Waals surface area (Å²) in [5.41, 5.74) is 3.91. The topological polar surface area (TPSA) is 34.1 Å². The smallest absolute Gasteiger partial charge is 0.186 e. The summed E-state index contributed by atoms with van der Waals surface area (Å²) >= 11 is 0. The van der Waals surface area contributed by atoms with Crippen LogP contribution in [0.15, 0.2) is 58.2 Å². The quantitative estimate of drug-likeness (QED) is 0.638. The van der Waals surface area contributed by atoms with Crippen LogP contribution in [0.1, 0.15) is 48.5 Å². The molecule has 0 bridgehead atoms. The van der Waals surface area contributed by atoms with Gasteiger partial charge in [0.25, 0.3) is 0 Å². The fraction of sp³-hybridized carbons (Fsp3) is 0.429. The van der Waals surface area contributed by atoms with Crippen molar-refractivity contribution in [3.05, 3.63) is 58.2 Å². The molecule has 0 saturated carbocycles. The number of Topliss-reactive ketones (excluding diaryl/α,β-unsaturated/α-hetero) is 1. The number of rotatable bonds is 0. The second-order valence-electron chi connectivity index (χ2n) is 8.38. The minimum Gasteiger partial charge on any atom is -0.290 e. The summed E-state index contributed by atoms with van der Waals surface area (Å²) < 4.78 is 0. The third-order valence-corrected chi connectivity index (χ3v) is 4.21. The van der Waals surface area contributed by atoms with Crippen LogP contribution in [0.25, 0.3) is 0 Å². The van der Waals surface area contributed by atoms with Crippen molar-refractivity contribution < 1.29 is 9.59 Å². The minimum absolute atomic E-state index is 0.0429. The average molecular weight is 310 g/mol. The van der Waals surface area contributed by atoms with Crippen molar-refractivity contribution in [2.45, 2.75) is 48.5 Å². The van der Waals surface area contributed by atoms with Crippen molar-refractivity contribution in [2.24, 2.45) is 10.8 Å². The van der Waals surface area contributed by atoms with Gasteiger partial charge in [-0.25, -0.2) is 0 Å². The Labute approximate surface area is 139 Å². The molecule has 0 N–H and O–H groups in total. The van der Waals surface area contributed by atoms with Crippen molar-refractivity contribution in [1.29, 1.82) is 0 Å². The minimum atomic E-state index is -0.222. The maximum Gasteiger partial charge on any atom is 0.186 e. The molecule has 0 atom stereocenters. The summed E-state index contributed by atoms with van der Waals surface area (Å²) in [6.07, 6.45) is 9.31. The van der Waals surface area contributed by atoms with Gasteiger partial charge in [0.15, 0.2) is 11.6 Å². The van der Waals surface area contributed by atoms with E-state index in [1.807, 2.05) is 31.2 Å². The van der Waals surface area contributed by atoms with Crippen molar-refractivity contribution in [3.8, 4) is 0 Å². The SMILES string of the molecule is CC1=CC(=C2C=C(C(C)(C)C)C(=O)C(C(C)(C)C)=C2)C=CC1=O. The molecule has 0 unspecified atom stereocenters. The van der Waals surface area contributed by atoms with Gasteiger partial charge in [0.1, 0.15) is 0 Å². The zero-order valence-electron chi connectivity index (χ0n) is 15.2. The number of carbonyl (C=O) groups excluding carboxylic acids is 2. The van der Waals surface area contributed by atoms with Crippen LogP contribution < -0.4 is 0 Å². The Balaban J connectivity index is 2.69. The first-order valence-corrected chi connectivity index (χ1v) is 8.05. The third kappa shape index (κ3) is 3.52. The van der Waals surface area contributed by atoms with Gasteiger partial charge in [-0.15, -0.1) is 0 Å². The molecule has 2 aliphatic rings. The van der Waals surface area contributed by atoms with Gasteiger partial charge in [0.2, 0.25) is 0 Å². The number of allylic oxidation sites excluding steroid dienone is 10. The third-order valence-electron chi connectivity index (χ3n) is 4.21. The Hall–Kier alpha value is -1.96. The molecule has 2 aliphatic carbocycles. The highest BCUT2D eigenvalue weighted by Crippen LogP contribution is 2.39. The predicted molar refractivity (Wildman–Crippen MR) is 95.0 cm³/mol. The molecule has 0 spiro atoms. The van der Waals surface area contributed by atoms with E-state index in [4.69, 9.17) is 0 Å². The Morgan fingerprint density at radius 2 is 1.17 bits per heavy atom. The lowest BCUT2D eigenvalue weighted by Crippen LogP contribution is -2.28. The van der Waals surface area contributed by atoms with Gasteiger partial charge in [-0.2, -0.15) is 0 Å². The van der Waals surface area contributed by atoms with Crippen LogP contribution >= 0.6 is 0 Å². The Bertz CT molecular complexity index is 685. The highest BCUT2D eigenvalue weighted by Gasteiger charge is 2.34. The maximum absolute atomic E-state index is 12.9. The molecule has 0 saturated heterocycles. The molecule has 2 rings (SSSR count). The lowest BCUT2D eigenvalue weighted by molar-refractivity contribution is -0.114. The van der Waals surface area contributed by atoms with Crippen LogP contribution in [0.5, 0.6) is 0 Å². The van der Waals surface area contributed by atoms with Gasteiger partial charge >= 0.3 is 0 Å². The summed E-state index contributed by atoms with van der Waals surface area (Å²) in [5, 5.41) is 0. The summed E-state index contributed by atoms with van der Waals surface area (Å²) in [4.78, 5) is 24.6. The standard InChI is InChI=1S/C21H26O2/c1-13-10-14(8-9-18(13)22)15-11-16(20(2,3)4)19(23)17(12-15)21(5,6)7/h8-12H,1-7H3. The highest BCUT2D eigenvalue weighted by molar-refractivity contribution is 6.12. The van der Waals surface area contributed by atoms with Gasteiger partial charge < -0.3 is 0 Å². The van der Waals surface area contributed by atoms with E-state index < -0.39 is 0 Å². The van der Waals surface area contributed by atoms with E-state index in [1.165, 1.54) is 0 Å². The van der Waals surface area contributed by atoms with E-state index in [1.54, 1.807) is 6.08 Å². The second-order valence-corrected chi connectivity index (χ2v) is 8.38. The number of hydrogen-bond donors (Lipinski definition) is 0. The normalized spacial score (nSPS) is 19.7. The number of hydrogen-bond acceptors (Lipinski definition) is 2. The largest absolute Gasteiger partial charge is 0.290 e. The molecule has 0 radical (unpaired) electrons. The Morgan fingerprint density at radius 3 is 1.57 bits per heavy atom. The molecular formula is C21H26O2. The van der Waals surface area contributed by atoms with Crippen LogP contribution in [0.3, 0.4) is 0 Å². The van der Waals surface area contributed by atoms with E-state index in [2.05, 4.69) is 41.5 Å². The summed E-state index contributed by atoms with van der Waals surface area (Å²) in [7, 11) is 0. The maximum atomic E-state index is 12.9. The monoisotopic (exact) mass is 310 g/mol.